The number of nitrogens with one attached hydrogen (secondary N) is 2. The maximum absolute atomic E-state index is 12.1. The molecule has 0 bridgehead atoms. The Morgan fingerprint density at radius 2 is 2.18 bits per heavy atom. The van der Waals surface area contributed by atoms with Crippen molar-refractivity contribution in [3.63, 3.8) is 0 Å². The summed E-state index contributed by atoms with van der Waals surface area (Å²) >= 11 is 4.91. The smallest absolute Gasteiger partial charge is 0.266 e. The lowest BCUT2D eigenvalue weighted by atomic mass is 10.1. The van der Waals surface area contributed by atoms with Crippen LogP contribution in [-0.2, 0) is 14.6 Å². The zero-order valence-corrected chi connectivity index (χ0v) is 13.6. The molecule has 1 amide bonds. The van der Waals surface area contributed by atoms with Crippen molar-refractivity contribution >= 4 is 44.7 Å². The second-order valence-electron chi connectivity index (χ2n) is 6.02. The van der Waals surface area contributed by atoms with Gasteiger partial charge in [-0.1, -0.05) is 0 Å². The Labute approximate surface area is 132 Å². The number of anilines is 1. The Morgan fingerprint density at radius 1 is 1.45 bits per heavy atom. The normalized spacial score (nSPS) is 16.6. The maximum atomic E-state index is 12.1. The molecule has 2 aromatic rings. The molecule has 0 aliphatic heterocycles. The molecule has 1 heterocycles. The highest BCUT2D eigenvalue weighted by atomic mass is 32.2. The summed E-state index contributed by atoms with van der Waals surface area (Å²) in [5.41, 5.74) is 1.55. The summed E-state index contributed by atoms with van der Waals surface area (Å²) < 4.78 is 28.1. The van der Waals surface area contributed by atoms with Gasteiger partial charge in [-0.2, -0.15) is 0 Å². The highest BCUT2D eigenvalue weighted by molar-refractivity contribution is 7.90. The minimum Gasteiger partial charge on any atom is -0.429 e. The predicted octanol–water partition coefficient (Wildman–Crippen LogP) is 2.64. The van der Waals surface area contributed by atoms with Gasteiger partial charge in [0, 0.05) is 24.4 Å². The van der Waals surface area contributed by atoms with Crippen molar-refractivity contribution in [2.24, 2.45) is 5.41 Å². The number of benzene rings is 1. The van der Waals surface area contributed by atoms with Gasteiger partial charge in [-0.3, -0.25) is 4.79 Å². The number of amides is 1. The van der Waals surface area contributed by atoms with Crippen LogP contribution in [0.5, 0.6) is 0 Å². The molecule has 0 spiro atoms. The van der Waals surface area contributed by atoms with Gasteiger partial charge in [-0.05, 0) is 42.6 Å². The molecule has 118 valence electrons. The van der Waals surface area contributed by atoms with Crippen molar-refractivity contribution < 1.29 is 17.6 Å². The summed E-state index contributed by atoms with van der Waals surface area (Å²) in [6, 6.07) is 5.21. The summed E-state index contributed by atoms with van der Waals surface area (Å²) in [5.74, 6) is -0.117. The summed E-state index contributed by atoms with van der Waals surface area (Å²) in [6.07, 6.45) is 2.98. The molecule has 8 heteroatoms. The van der Waals surface area contributed by atoms with Crippen LogP contribution in [0.25, 0.3) is 11.1 Å². The summed E-state index contributed by atoms with van der Waals surface area (Å²) in [6.45, 7) is 0. The van der Waals surface area contributed by atoms with Gasteiger partial charge in [0.05, 0.1) is 11.3 Å². The number of H-pyrrole nitrogens is 1. The topological polar surface area (TPSA) is 92.2 Å². The van der Waals surface area contributed by atoms with E-state index < -0.39 is 9.84 Å². The quantitative estimate of drug-likeness (QED) is 0.816. The summed E-state index contributed by atoms with van der Waals surface area (Å²) in [5, 5.41) is 2.78. The van der Waals surface area contributed by atoms with E-state index in [-0.39, 0.29) is 28.3 Å². The van der Waals surface area contributed by atoms with E-state index in [9.17, 15) is 13.2 Å². The molecule has 6 nitrogen and oxygen atoms in total. The van der Waals surface area contributed by atoms with Crippen LogP contribution >= 0.6 is 12.2 Å². The molecule has 0 radical (unpaired) electrons. The van der Waals surface area contributed by atoms with E-state index in [1.165, 1.54) is 6.26 Å². The Balaban J connectivity index is 1.69. The first-order valence-corrected chi connectivity index (χ1v) is 9.32. The number of fused-ring (bicyclic) bond motifs is 1. The van der Waals surface area contributed by atoms with E-state index in [4.69, 9.17) is 16.6 Å². The predicted molar refractivity (Wildman–Crippen MR) is 86.0 cm³/mol. The number of sulfone groups is 1. The van der Waals surface area contributed by atoms with Crippen LogP contribution in [0.1, 0.15) is 19.3 Å². The Bertz CT molecular complexity index is 891. The summed E-state index contributed by atoms with van der Waals surface area (Å²) in [7, 11) is -3.07. The first-order valence-electron chi connectivity index (χ1n) is 6.85. The standard InChI is InChI=1S/C14H16N2O4S2/c1-22(18,19)8-14(4-5-14)7-12(17)15-9-2-3-10-11(6-9)20-13(21)16-10/h2-3,6H,4-5,7-8H2,1H3,(H,15,17)(H,16,21). The second kappa shape index (κ2) is 5.20. The zero-order valence-electron chi connectivity index (χ0n) is 12.0. The van der Waals surface area contributed by atoms with Crippen LogP contribution in [-0.4, -0.2) is 31.3 Å². The van der Waals surface area contributed by atoms with Crippen molar-refractivity contribution in [2.45, 2.75) is 19.3 Å². The van der Waals surface area contributed by atoms with Gasteiger partial charge in [-0.15, -0.1) is 0 Å². The van der Waals surface area contributed by atoms with Gasteiger partial charge in [0.1, 0.15) is 9.84 Å². The van der Waals surface area contributed by atoms with Crippen LogP contribution in [0.3, 0.4) is 0 Å². The Hall–Kier alpha value is -1.67. The van der Waals surface area contributed by atoms with Crippen molar-refractivity contribution in [3.05, 3.63) is 23.0 Å². The van der Waals surface area contributed by atoms with Crippen molar-refractivity contribution in [1.29, 1.82) is 0 Å². The van der Waals surface area contributed by atoms with Crippen LogP contribution in [0.15, 0.2) is 22.6 Å². The molecule has 3 rings (SSSR count). The number of aromatic amines is 1. The Kier molecular flexibility index (Phi) is 3.60. The molecule has 22 heavy (non-hydrogen) atoms. The monoisotopic (exact) mass is 340 g/mol. The van der Waals surface area contributed by atoms with Gasteiger partial charge < -0.3 is 14.7 Å². The van der Waals surface area contributed by atoms with Crippen LogP contribution in [0.2, 0.25) is 0 Å². The third-order valence-corrected chi connectivity index (χ3v) is 5.09. The molecule has 1 aromatic heterocycles. The lowest BCUT2D eigenvalue weighted by Crippen LogP contribution is -2.23. The van der Waals surface area contributed by atoms with Crippen molar-refractivity contribution in [2.75, 3.05) is 17.3 Å². The van der Waals surface area contributed by atoms with E-state index in [0.717, 1.165) is 18.4 Å². The molecule has 0 unspecified atom stereocenters. The number of rotatable bonds is 5. The molecular weight excluding hydrogens is 324 g/mol. The molecule has 0 atom stereocenters. The molecule has 2 N–H and O–H groups in total. The third-order valence-electron chi connectivity index (χ3n) is 3.77. The fraction of sp³-hybridized carbons (Fsp3) is 0.429. The largest absolute Gasteiger partial charge is 0.429 e. The zero-order chi connectivity index (χ0) is 16.0. The van der Waals surface area contributed by atoms with Gasteiger partial charge in [0.15, 0.2) is 5.58 Å². The van der Waals surface area contributed by atoms with E-state index >= 15 is 0 Å². The van der Waals surface area contributed by atoms with Gasteiger partial charge >= 0.3 is 0 Å². The SMILES string of the molecule is CS(=O)(=O)CC1(CC(=O)Nc2ccc3[nH]c(=S)oc3c2)CC1. The number of carbonyl (C=O) groups is 1. The van der Waals surface area contributed by atoms with E-state index in [1.807, 2.05) is 0 Å². The average molecular weight is 340 g/mol. The lowest BCUT2D eigenvalue weighted by Gasteiger charge is -2.13. The van der Waals surface area contributed by atoms with Gasteiger partial charge in [-0.25, -0.2) is 8.42 Å². The molecule has 1 saturated carbocycles. The molecular formula is C14H16N2O4S2. The molecule has 1 fully saturated rings. The number of hydrogen-bond acceptors (Lipinski definition) is 5. The van der Waals surface area contributed by atoms with E-state index in [2.05, 4.69) is 10.3 Å². The first-order chi connectivity index (χ1) is 10.2. The summed E-state index contributed by atoms with van der Waals surface area (Å²) in [4.78, 5) is 15.3. The van der Waals surface area contributed by atoms with Crippen molar-refractivity contribution in [1.82, 2.24) is 4.98 Å². The number of oxazole rings is 1. The molecule has 1 aliphatic rings. The molecule has 0 saturated heterocycles. The van der Waals surface area contributed by atoms with Crippen LogP contribution in [0, 0.1) is 10.3 Å². The van der Waals surface area contributed by atoms with Crippen LogP contribution in [0.4, 0.5) is 5.69 Å². The van der Waals surface area contributed by atoms with Crippen molar-refractivity contribution in [3.8, 4) is 0 Å². The molecule has 1 aromatic carbocycles. The minimum absolute atomic E-state index is 0.0684. The lowest BCUT2D eigenvalue weighted by molar-refractivity contribution is -0.117. The van der Waals surface area contributed by atoms with E-state index in [1.54, 1.807) is 18.2 Å². The highest BCUT2D eigenvalue weighted by Crippen LogP contribution is 2.49. The minimum atomic E-state index is -3.07. The highest BCUT2D eigenvalue weighted by Gasteiger charge is 2.46. The number of hydrogen-bond donors (Lipinski definition) is 2. The first kappa shape index (κ1) is 15.2. The third kappa shape index (κ3) is 3.56. The van der Waals surface area contributed by atoms with Gasteiger partial charge in [0.2, 0.25) is 5.91 Å². The fourth-order valence-electron chi connectivity index (χ4n) is 2.67. The van der Waals surface area contributed by atoms with Gasteiger partial charge in [0.25, 0.3) is 4.84 Å². The maximum Gasteiger partial charge on any atom is 0.266 e. The fourth-order valence-corrected chi connectivity index (χ4v) is 4.38. The molecule has 1 aliphatic carbocycles. The van der Waals surface area contributed by atoms with E-state index in [0.29, 0.717) is 11.3 Å². The number of carbonyl (C=O) groups excluding carboxylic acids is 1. The second-order valence-corrected chi connectivity index (χ2v) is 8.53. The number of aromatic nitrogens is 1. The Morgan fingerprint density at radius 3 is 2.82 bits per heavy atom. The van der Waals surface area contributed by atoms with Crippen LogP contribution < -0.4 is 5.32 Å². The average Bonchev–Trinajstić information content (AvgIpc) is 2.97.